The topological polar surface area (TPSA) is 55.4 Å². The SMILES string of the molecule is CCOC(=O)[C@H]1CC[C@H]2[C@@H]3CC(Cl)=C4NC(=O)CC[C@]4(C)[C@H]3CC[C@]12C. The molecule has 0 aromatic carbocycles. The second-order valence-corrected chi connectivity index (χ2v) is 9.71. The fraction of sp³-hybridized carbons (Fsp3) is 0.810. The van der Waals surface area contributed by atoms with Gasteiger partial charge in [-0.2, -0.15) is 0 Å². The quantitative estimate of drug-likeness (QED) is 0.724. The average molecular weight is 380 g/mol. The zero-order valence-electron chi connectivity index (χ0n) is 16.1. The van der Waals surface area contributed by atoms with Gasteiger partial charge in [0.1, 0.15) is 0 Å². The Morgan fingerprint density at radius 1 is 1.23 bits per heavy atom. The van der Waals surface area contributed by atoms with Gasteiger partial charge in [-0.1, -0.05) is 25.4 Å². The molecule has 5 heteroatoms. The van der Waals surface area contributed by atoms with E-state index >= 15 is 0 Å². The highest BCUT2D eigenvalue weighted by Gasteiger charge is 2.61. The molecule has 0 radical (unpaired) electrons. The summed E-state index contributed by atoms with van der Waals surface area (Å²) in [4.78, 5) is 24.5. The minimum Gasteiger partial charge on any atom is -0.466 e. The smallest absolute Gasteiger partial charge is 0.309 e. The van der Waals surface area contributed by atoms with Gasteiger partial charge in [-0.3, -0.25) is 9.59 Å². The predicted molar refractivity (Wildman–Crippen MR) is 100 cm³/mol. The molecular formula is C21H30ClNO3. The van der Waals surface area contributed by atoms with Gasteiger partial charge in [0.2, 0.25) is 5.91 Å². The van der Waals surface area contributed by atoms with Gasteiger partial charge in [-0.05, 0) is 68.6 Å². The zero-order valence-corrected chi connectivity index (χ0v) is 16.8. The summed E-state index contributed by atoms with van der Waals surface area (Å²) in [5.74, 6) is 1.67. The van der Waals surface area contributed by atoms with Crippen molar-refractivity contribution in [1.29, 1.82) is 0 Å². The molecule has 1 amide bonds. The number of esters is 1. The van der Waals surface area contributed by atoms with Crippen molar-refractivity contribution in [2.45, 2.75) is 65.7 Å². The summed E-state index contributed by atoms with van der Waals surface area (Å²) in [6.07, 6.45) is 6.50. The van der Waals surface area contributed by atoms with E-state index in [4.69, 9.17) is 16.3 Å². The minimum atomic E-state index is -0.0305. The molecule has 4 rings (SSSR count). The highest BCUT2D eigenvalue weighted by Crippen LogP contribution is 2.66. The Kier molecular flexibility index (Phi) is 4.41. The standard InChI is InChI=1S/C21H30ClNO3/c1-4-26-19(25)15-6-5-13-12-11-16(22)18-21(3,10-8-17(24)23-18)14(12)7-9-20(13,15)2/h12-15H,4-11H2,1-3H3,(H,23,24)/t12-,13-,14-,15+,20-,21+/m0/s1. The molecule has 0 unspecified atom stereocenters. The largest absolute Gasteiger partial charge is 0.466 e. The van der Waals surface area contributed by atoms with Gasteiger partial charge >= 0.3 is 5.97 Å². The normalized spacial score (nSPS) is 44.7. The Morgan fingerprint density at radius 2 is 2.00 bits per heavy atom. The molecule has 1 N–H and O–H groups in total. The van der Waals surface area contributed by atoms with Crippen LogP contribution < -0.4 is 5.32 Å². The third-order valence-corrected chi connectivity index (χ3v) is 8.56. The van der Waals surface area contributed by atoms with Gasteiger partial charge in [0.05, 0.1) is 12.5 Å². The molecule has 0 aromatic rings. The Balaban J connectivity index is 1.66. The van der Waals surface area contributed by atoms with Crippen LogP contribution in [0.3, 0.4) is 0 Å². The summed E-state index contributed by atoms with van der Waals surface area (Å²) in [5, 5.41) is 3.93. The molecule has 1 heterocycles. The second-order valence-electron chi connectivity index (χ2n) is 9.25. The summed E-state index contributed by atoms with van der Waals surface area (Å²) < 4.78 is 5.39. The molecule has 4 aliphatic rings. The molecule has 144 valence electrons. The van der Waals surface area contributed by atoms with Crippen LogP contribution in [0.2, 0.25) is 0 Å². The van der Waals surface area contributed by atoms with Crippen LogP contribution in [0.1, 0.15) is 65.7 Å². The van der Waals surface area contributed by atoms with Gasteiger partial charge < -0.3 is 10.1 Å². The first-order chi connectivity index (χ1) is 12.3. The first kappa shape index (κ1) is 18.3. The number of halogens is 1. The Hall–Kier alpha value is -1.03. The first-order valence-corrected chi connectivity index (χ1v) is 10.5. The number of rotatable bonds is 2. The Bertz CT molecular complexity index is 674. The highest BCUT2D eigenvalue weighted by atomic mass is 35.5. The molecule has 3 aliphatic carbocycles. The molecule has 3 fully saturated rings. The second kappa shape index (κ2) is 6.25. The molecule has 1 aliphatic heterocycles. The van der Waals surface area contributed by atoms with E-state index < -0.39 is 0 Å². The Labute approximate surface area is 161 Å². The summed E-state index contributed by atoms with van der Waals surface area (Å²) in [7, 11) is 0. The van der Waals surface area contributed by atoms with Gasteiger partial charge in [-0.25, -0.2) is 0 Å². The fourth-order valence-corrected chi connectivity index (χ4v) is 7.33. The average Bonchev–Trinajstić information content (AvgIpc) is 2.94. The summed E-state index contributed by atoms with van der Waals surface area (Å²) in [5.41, 5.74) is 0.980. The molecule has 6 atom stereocenters. The predicted octanol–water partition coefficient (Wildman–Crippen LogP) is 4.38. The van der Waals surface area contributed by atoms with Crippen LogP contribution in [0, 0.1) is 34.5 Å². The van der Waals surface area contributed by atoms with E-state index in [-0.39, 0.29) is 28.6 Å². The van der Waals surface area contributed by atoms with Crippen LogP contribution in [-0.4, -0.2) is 18.5 Å². The van der Waals surface area contributed by atoms with Crippen molar-refractivity contribution in [3.63, 3.8) is 0 Å². The van der Waals surface area contributed by atoms with E-state index in [0.29, 0.717) is 30.8 Å². The lowest BCUT2D eigenvalue weighted by atomic mass is 9.49. The minimum absolute atomic E-state index is 0.00905. The van der Waals surface area contributed by atoms with Crippen molar-refractivity contribution in [3.8, 4) is 0 Å². The lowest BCUT2D eigenvalue weighted by molar-refractivity contribution is -0.155. The molecular weight excluding hydrogens is 350 g/mol. The lowest BCUT2D eigenvalue weighted by Gasteiger charge is -2.57. The summed E-state index contributed by atoms with van der Waals surface area (Å²) in [6.45, 7) is 6.94. The van der Waals surface area contributed by atoms with Crippen molar-refractivity contribution in [3.05, 3.63) is 10.7 Å². The molecule has 26 heavy (non-hydrogen) atoms. The van der Waals surface area contributed by atoms with Crippen LogP contribution in [0.4, 0.5) is 0 Å². The number of carbonyl (C=O) groups excluding carboxylic acids is 2. The van der Waals surface area contributed by atoms with Crippen LogP contribution in [0.25, 0.3) is 0 Å². The number of amides is 1. The van der Waals surface area contributed by atoms with Crippen LogP contribution in [0.15, 0.2) is 10.7 Å². The van der Waals surface area contributed by atoms with Crippen molar-refractivity contribution in [2.24, 2.45) is 34.5 Å². The number of ether oxygens (including phenoxy) is 1. The van der Waals surface area contributed by atoms with E-state index in [1.165, 1.54) is 0 Å². The van der Waals surface area contributed by atoms with Gasteiger partial charge in [-0.15, -0.1) is 0 Å². The molecule has 1 saturated heterocycles. The molecule has 0 aromatic heterocycles. The zero-order chi connectivity index (χ0) is 18.7. The third-order valence-electron chi connectivity index (χ3n) is 8.22. The fourth-order valence-electron chi connectivity index (χ4n) is 6.89. The first-order valence-electron chi connectivity index (χ1n) is 10.2. The maximum absolute atomic E-state index is 12.6. The lowest BCUT2D eigenvalue weighted by Crippen LogP contribution is -2.54. The maximum Gasteiger partial charge on any atom is 0.309 e. The number of carbonyl (C=O) groups is 2. The molecule has 2 saturated carbocycles. The third kappa shape index (κ3) is 2.47. The van der Waals surface area contributed by atoms with E-state index in [0.717, 1.165) is 49.3 Å². The summed E-state index contributed by atoms with van der Waals surface area (Å²) in [6, 6.07) is 0. The highest BCUT2D eigenvalue weighted by molar-refractivity contribution is 6.30. The van der Waals surface area contributed by atoms with Crippen molar-refractivity contribution in [1.82, 2.24) is 5.32 Å². The van der Waals surface area contributed by atoms with Crippen molar-refractivity contribution in [2.75, 3.05) is 6.61 Å². The number of nitrogens with one attached hydrogen (secondary N) is 1. The van der Waals surface area contributed by atoms with Gasteiger partial charge in [0.25, 0.3) is 0 Å². The number of allylic oxidation sites excluding steroid dienone is 2. The van der Waals surface area contributed by atoms with Crippen LogP contribution in [0.5, 0.6) is 0 Å². The number of piperidine rings is 1. The number of fused-ring (bicyclic) bond motifs is 5. The van der Waals surface area contributed by atoms with Crippen molar-refractivity contribution < 1.29 is 14.3 Å². The maximum atomic E-state index is 12.6. The Morgan fingerprint density at radius 3 is 2.73 bits per heavy atom. The summed E-state index contributed by atoms with van der Waals surface area (Å²) >= 11 is 6.72. The number of hydrogen-bond acceptors (Lipinski definition) is 3. The monoisotopic (exact) mass is 379 g/mol. The van der Waals surface area contributed by atoms with Crippen molar-refractivity contribution >= 4 is 23.5 Å². The number of hydrogen-bond donors (Lipinski definition) is 1. The van der Waals surface area contributed by atoms with Gasteiger partial charge in [0.15, 0.2) is 0 Å². The van der Waals surface area contributed by atoms with Crippen LogP contribution in [-0.2, 0) is 14.3 Å². The van der Waals surface area contributed by atoms with Gasteiger partial charge in [0, 0.05) is 22.6 Å². The van der Waals surface area contributed by atoms with E-state index in [2.05, 4.69) is 19.2 Å². The molecule has 4 nitrogen and oxygen atoms in total. The molecule has 0 spiro atoms. The van der Waals surface area contributed by atoms with E-state index in [9.17, 15) is 9.59 Å². The van der Waals surface area contributed by atoms with E-state index in [1.54, 1.807) is 0 Å². The molecule has 0 bridgehead atoms. The van der Waals surface area contributed by atoms with Crippen LogP contribution >= 0.6 is 11.6 Å². The van der Waals surface area contributed by atoms with E-state index in [1.807, 2.05) is 6.92 Å².